The van der Waals surface area contributed by atoms with Crippen LogP contribution in [0.5, 0.6) is 0 Å². The summed E-state index contributed by atoms with van der Waals surface area (Å²) in [6, 6.07) is 5.00. The Kier molecular flexibility index (Phi) is 2.88. The van der Waals surface area contributed by atoms with Gasteiger partial charge in [0.15, 0.2) is 0 Å². The molecule has 0 atom stereocenters. The maximum atomic E-state index is 12.8. The maximum absolute atomic E-state index is 12.8. The van der Waals surface area contributed by atoms with Gasteiger partial charge in [-0.3, -0.25) is 0 Å². The van der Waals surface area contributed by atoms with E-state index < -0.39 is 0 Å². The zero-order chi connectivity index (χ0) is 8.27. The van der Waals surface area contributed by atoms with Crippen molar-refractivity contribution in [3.8, 4) is 0 Å². The Hall–Kier alpha value is -0.570. The number of hydrogen-bond acceptors (Lipinski definition) is 1. The van der Waals surface area contributed by atoms with Crippen molar-refractivity contribution in [2.24, 2.45) is 0 Å². The van der Waals surface area contributed by atoms with E-state index in [1.165, 1.54) is 6.07 Å². The summed E-state index contributed by atoms with van der Waals surface area (Å²) in [6.45, 7) is 0. The molecule has 0 spiro atoms. The number of halogens is 2. The van der Waals surface area contributed by atoms with Gasteiger partial charge in [-0.2, -0.15) is 0 Å². The molecule has 0 amide bonds. The molecule has 0 aliphatic rings. The van der Waals surface area contributed by atoms with Crippen LogP contribution in [-0.2, 0) is 5.33 Å². The highest BCUT2D eigenvalue weighted by Crippen LogP contribution is 2.16. The van der Waals surface area contributed by atoms with Crippen LogP contribution in [-0.4, -0.2) is 7.05 Å². The monoisotopic (exact) mass is 217 g/mol. The van der Waals surface area contributed by atoms with Gasteiger partial charge in [-0.15, -0.1) is 0 Å². The summed E-state index contributed by atoms with van der Waals surface area (Å²) in [7, 11) is 1.70. The SMILES string of the molecule is CNc1cc(CBr)ccc1F. The van der Waals surface area contributed by atoms with Crippen LogP contribution >= 0.6 is 15.9 Å². The van der Waals surface area contributed by atoms with E-state index in [0.717, 1.165) is 10.9 Å². The fraction of sp³-hybridized carbons (Fsp3) is 0.250. The molecule has 1 aromatic rings. The number of rotatable bonds is 2. The van der Waals surface area contributed by atoms with E-state index in [1.54, 1.807) is 19.2 Å². The van der Waals surface area contributed by atoms with E-state index in [4.69, 9.17) is 0 Å². The zero-order valence-corrected chi connectivity index (χ0v) is 7.78. The summed E-state index contributed by atoms with van der Waals surface area (Å²) < 4.78 is 12.8. The molecule has 0 fully saturated rings. The molecule has 1 aromatic carbocycles. The van der Waals surface area contributed by atoms with Gasteiger partial charge in [-0.1, -0.05) is 22.0 Å². The summed E-state index contributed by atoms with van der Waals surface area (Å²) >= 11 is 3.30. The van der Waals surface area contributed by atoms with Gasteiger partial charge in [-0.25, -0.2) is 4.39 Å². The molecule has 1 N–H and O–H groups in total. The Morgan fingerprint density at radius 3 is 2.82 bits per heavy atom. The van der Waals surface area contributed by atoms with Crippen molar-refractivity contribution in [3.05, 3.63) is 29.6 Å². The average molecular weight is 218 g/mol. The van der Waals surface area contributed by atoms with E-state index in [9.17, 15) is 4.39 Å². The van der Waals surface area contributed by atoms with Crippen molar-refractivity contribution in [1.82, 2.24) is 0 Å². The van der Waals surface area contributed by atoms with Gasteiger partial charge >= 0.3 is 0 Å². The maximum Gasteiger partial charge on any atom is 0.146 e. The van der Waals surface area contributed by atoms with Crippen LogP contribution in [0.4, 0.5) is 10.1 Å². The molecule has 60 valence electrons. The molecule has 0 bridgehead atoms. The predicted octanol–water partition coefficient (Wildman–Crippen LogP) is 2.76. The topological polar surface area (TPSA) is 12.0 Å². The van der Waals surface area contributed by atoms with Crippen LogP contribution in [0.15, 0.2) is 18.2 Å². The second-order valence-corrected chi connectivity index (χ2v) is 2.76. The highest BCUT2D eigenvalue weighted by atomic mass is 79.9. The molecule has 0 aliphatic carbocycles. The Balaban J connectivity index is 3.02. The number of alkyl halides is 1. The Morgan fingerprint density at radius 1 is 1.55 bits per heavy atom. The van der Waals surface area contributed by atoms with Crippen molar-refractivity contribution in [2.75, 3.05) is 12.4 Å². The average Bonchev–Trinajstić information content (AvgIpc) is 2.05. The van der Waals surface area contributed by atoms with Crippen molar-refractivity contribution < 1.29 is 4.39 Å². The van der Waals surface area contributed by atoms with Gasteiger partial charge in [0.05, 0.1) is 5.69 Å². The smallest absolute Gasteiger partial charge is 0.146 e. The first-order chi connectivity index (χ1) is 5.27. The highest BCUT2D eigenvalue weighted by Gasteiger charge is 1.99. The first-order valence-corrected chi connectivity index (χ1v) is 4.42. The Labute approximate surface area is 73.7 Å². The van der Waals surface area contributed by atoms with Gasteiger partial charge in [0, 0.05) is 12.4 Å². The third-order valence-electron chi connectivity index (χ3n) is 1.45. The lowest BCUT2D eigenvalue weighted by Crippen LogP contribution is -1.93. The van der Waals surface area contributed by atoms with Gasteiger partial charge in [0.25, 0.3) is 0 Å². The quantitative estimate of drug-likeness (QED) is 0.752. The fourth-order valence-corrected chi connectivity index (χ4v) is 1.20. The van der Waals surface area contributed by atoms with E-state index in [1.807, 2.05) is 0 Å². The highest BCUT2D eigenvalue weighted by molar-refractivity contribution is 9.08. The summed E-state index contributed by atoms with van der Waals surface area (Å²) in [5.41, 5.74) is 1.61. The van der Waals surface area contributed by atoms with Crippen molar-refractivity contribution in [1.29, 1.82) is 0 Å². The molecular formula is C8H9BrFN. The van der Waals surface area contributed by atoms with E-state index in [-0.39, 0.29) is 5.82 Å². The van der Waals surface area contributed by atoms with Crippen molar-refractivity contribution in [2.45, 2.75) is 5.33 Å². The molecule has 1 nitrogen and oxygen atoms in total. The fourth-order valence-electron chi connectivity index (χ4n) is 0.847. The van der Waals surface area contributed by atoms with Gasteiger partial charge in [0.2, 0.25) is 0 Å². The first kappa shape index (κ1) is 8.53. The first-order valence-electron chi connectivity index (χ1n) is 3.30. The molecule has 0 saturated carbocycles. The van der Waals surface area contributed by atoms with Gasteiger partial charge < -0.3 is 5.32 Å². The Morgan fingerprint density at radius 2 is 2.27 bits per heavy atom. The molecule has 0 aromatic heterocycles. The van der Waals surface area contributed by atoms with Crippen LogP contribution in [0.2, 0.25) is 0 Å². The second-order valence-electron chi connectivity index (χ2n) is 2.20. The number of hydrogen-bond donors (Lipinski definition) is 1. The van der Waals surface area contributed by atoms with Crippen LogP contribution < -0.4 is 5.32 Å². The zero-order valence-electron chi connectivity index (χ0n) is 6.20. The Bertz CT molecular complexity index is 250. The summed E-state index contributed by atoms with van der Waals surface area (Å²) in [4.78, 5) is 0. The second kappa shape index (κ2) is 3.72. The van der Waals surface area contributed by atoms with E-state index in [2.05, 4.69) is 21.2 Å². The molecule has 11 heavy (non-hydrogen) atoms. The number of benzene rings is 1. The number of nitrogens with one attached hydrogen (secondary N) is 1. The molecule has 0 saturated heterocycles. The van der Waals surface area contributed by atoms with E-state index >= 15 is 0 Å². The molecular weight excluding hydrogens is 209 g/mol. The summed E-state index contributed by atoms with van der Waals surface area (Å²) in [6.07, 6.45) is 0. The van der Waals surface area contributed by atoms with Crippen LogP contribution in [0.3, 0.4) is 0 Å². The third-order valence-corrected chi connectivity index (χ3v) is 2.10. The minimum absolute atomic E-state index is 0.211. The molecule has 1 rings (SSSR count). The van der Waals surface area contributed by atoms with Crippen LogP contribution in [0, 0.1) is 5.82 Å². The molecule has 0 aliphatic heterocycles. The molecule has 0 radical (unpaired) electrons. The molecule has 0 heterocycles. The summed E-state index contributed by atoms with van der Waals surface area (Å²) in [5.74, 6) is -0.211. The minimum atomic E-state index is -0.211. The standard InChI is InChI=1S/C8H9BrFN/c1-11-8-4-6(5-9)2-3-7(8)10/h2-4,11H,5H2,1H3. The lowest BCUT2D eigenvalue weighted by molar-refractivity contribution is 0.631. The van der Waals surface area contributed by atoms with Crippen molar-refractivity contribution in [3.63, 3.8) is 0 Å². The number of anilines is 1. The lowest BCUT2D eigenvalue weighted by Gasteiger charge is -2.02. The normalized spacial score (nSPS) is 9.73. The predicted molar refractivity (Wildman–Crippen MR) is 48.6 cm³/mol. The minimum Gasteiger partial charge on any atom is -0.386 e. The lowest BCUT2D eigenvalue weighted by atomic mass is 10.2. The summed E-state index contributed by atoms with van der Waals surface area (Å²) in [5, 5.41) is 3.53. The van der Waals surface area contributed by atoms with Crippen LogP contribution in [0.1, 0.15) is 5.56 Å². The molecule has 0 unspecified atom stereocenters. The van der Waals surface area contributed by atoms with E-state index in [0.29, 0.717) is 5.69 Å². The van der Waals surface area contributed by atoms with Gasteiger partial charge in [0.1, 0.15) is 5.82 Å². The third kappa shape index (κ3) is 1.93. The van der Waals surface area contributed by atoms with Crippen LogP contribution in [0.25, 0.3) is 0 Å². The molecule has 3 heteroatoms. The van der Waals surface area contributed by atoms with Crippen molar-refractivity contribution >= 4 is 21.6 Å². The largest absolute Gasteiger partial charge is 0.386 e. The van der Waals surface area contributed by atoms with Gasteiger partial charge in [-0.05, 0) is 17.7 Å².